The predicted octanol–water partition coefficient (Wildman–Crippen LogP) is 19.2. The van der Waals surface area contributed by atoms with E-state index in [4.69, 9.17) is 14.2 Å². The highest BCUT2D eigenvalue weighted by atomic mass is 16.6. The van der Waals surface area contributed by atoms with Crippen molar-refractivity contribution in [1.29, 1.82) is 0 Å². The topological polar surface area (TPSA) is 78.9 Å². The van der Waals surface area contributed by atoms with E-state index in [-0.39, 0.29) is 31.1 Å². The third-order valence-corrected chi connectivity index (χ3v) is 13.4. The molecule has 0 rings (SSSR count). The molecular formula is C58H112O6. The van der Waals surface area contributed by atoms with Crippen molar-refractivity contribution in [2.75, 3.05) is 13.2 Å². The van der Waals surface area contributed by atoms with Crippen molar-refractivity contribution >= 4 is 17.9 Å². The van der Waals surface area contributed by atoms with E-state index < -0.39 is 6.10 Å². The van der Waals surface area contributed by atoms with E-state index in [1.54, 1.807) is 0 Å². The molecule has 1 unspecified atom stereocenters. The number of esters is 3. The van der Waals surface area contributed by atoms with Gasteiger partial charge in [-0.15, -0.1) is 0 Å². The Morgan fingerprint density at radius 3 is 0.625 bits per heavy atom. The van der Waals surface area contributed by atoms with Gasteiger partial charge in [0.1, 0.15) is 13.2 Å². The second kappa shape index (κ2) is 54.0. The maximum absolute atomic E-state index is 12.8. The van der Waals surface area contributed by atoms with Gasteiger partial charge in [0.25, 0.3) is 0 Å². The van der Waals surface area contributed by atoms with E-state index in [2.05, 4.69) is 20.8 Å². The fraction of sp³-hybridized carbons (Fsp3) is 0.948. The van der Waals surface area contributed by atoms with E-state index >= 15 is 0 Å². The van der Waals surface area contributed by atoms with Gasteiger partial charge in [0.15, 0.2) is 6.10 Å². The van der Waals surface area contributed by atoms with Gasteiger partial charge >= 0.3 is 17.9 Å². The number of hydrogen-bond donors (Lipinski definition) is 0. The lowest BCUT2D eigenvalue weighted by atomic mass is 10.0. The first kappa shape index (κ1) is 62.4. The van der Waals surface area contributed by atoms with Gasteiger partial charge in [0.2, 0.25) is 0 Å². The molecule has 0 aromatic carbocycles. The summed E-state index contributed by atoms with van der Waals surface area (Å²) < 4.78 is 16.8. The molecule has 0 aliphatic carbocycles. The van der Waals surface area contributed by atoms with Crippen LogP contribution in [0.4, 0.5) is 0 Å². The molecule has 0 bridgehead atoms. The van der Waals surface area contributed by atoms with Crippen LogP contribution in [0.1, 0.15) is 335 Å². The SMILES string of the molecule is CCCCCCCCCCCCCCCCCCCCCCCCCC(=O)OCC(COC(=O)CCCCCCCC)OC(=O)CCCCCCCCCCCCCCCCCCC. The second-order valence-corrected chi connectivity index (χ2v) is 19.9. The van der Waals surface area contributed by atoms with Gasteiger partial charge in [-0.1, -0.05) is 297 Å². The number of rotatable bonds is 54. The fourth-order valence-electron chi connectivity index (χ4n) is 8.98. The molecule has 0 fully saturated rings. The molecule has 0 N–H and O–H groups in total. The summed E-state index contributed by atoms with van der Waals surface area (Å²) in [6, 6.07) is 0. The van der Waals surface area contributed by atoms with Crippen molar-refractivity contribution in [3.63, 3.8) is 0 Å². The summed E-state index contributed by atoms with van der Waals surface area (Å²) in [7, 11) is 0. The third-order valence-electron chi connectivity index (χ3n) is 13.4. The van der Waals surface area contributed by atoms with Crippen LogP contribution in [-0.2, 0) is 28.6 Å². The summed E-state index contributed by atoms with van der Waals surface area (Å²) >= 11 is 0. The Balaban J connectivity index is 4.05. The molecule has 1 atom stereocenters. The third kappa shape index (κ3) is 51.4. The minimum Gasteiger partial charge on any atom is -0.462 e. The number of carbonyl (C=O) groups excluding carboxylic acids is 3. The smallest absolute Gasteiger partial charge is 0.306 e. The quantitative estimate of drug-likeness (QED) is 0.0344. The molecule has 0 radical (unpaired) electrons. The molecule has 0 heterocycles. The molecule has 0 aromatic rings. The standard InChI is InChI=1S/C58H112O6/c1-4-7-10-13-16-18-20-22-24-26-27-28-29-30-31-33-34-36-38-40-42-45-48-51-57(60)63-54-55(53-62-56(59)50-47-44-15-12-9-6-3)64-58(61)52-49-46-43-41-39-37-35-32-25-23-21-19-17-14-11-8-5-2/h55H,4-54H2,1-3H3. The highest BCUT2D eigenvalue weighted by Gasteiger charge is 2.19. The number of hydrogen-bond acceptors (Lipinski definition) is 6. The van der Waals surface area contributed by atoms with E-state index in [0.29, 0.717) is 19.3 Å². The van der Waals surface area contributed by atoms with E-state index in [1.165, 1.54) is 238 Å². The first-order valence-corrected chi connectivity index (χ1v) is 29.0. The van der Waals surface area contributed by atoms with Gasteiger partial charge < -0.3 is 14.2 Å². The second-order valence-electron chi connectivity index (χ2n) is 19.9. The maximum Gasteiger partial charge on any atom is 0.306 e. The number of unbranched alkanes of at least 4 members (excludes halogenated alkanes) is 43. The molecule has 0 aromatic heterocycles. The summed E-state index contributed by atoms with van der Waals surface area (Å²) in [4.78, 5) is 37.9. The molecule has 0 spiro atoms. The van der Waals surface area contributed by atoms with Crippen LogP contribution >= 0.6 is 0 Å². The zero-order chi connectivity index (χ0) is 46.5. The van der Waals surface area contributed by atoms with E-state index in [1.807, 2.05) is 0 Å². The van der Waals surface area contributed by atoms with Crippen LogP contribution in [0.15, 0.2) is 0 Å². The largest absolute Gasteiger partial charge is 0.462 e. The molecule has 380 valence electrons. The van der Waals surface area contributed by atoms with Crippen LogP contribution in [0.2, 0.25) is 0 Å². The Morgan fingerprint density at radius 1 is 0.250 bits per heavy atom. The highest BCUT2D eigenvalue weighted by Crippen LogP contribution is 2.18. The van der Waals surface area contributed by atoms with Gasteiger partial charge in [-0.2, -0.15) is 0 Å². The molecule has 64 heavy (non-hydrogen) atoms. The van der Waals surface area contributed by atoms with E-state index in [0.717, 1.165) is 57.8 Å². The van der Waals surface area contributed by atoms with Gasteiger partial charge in [-0.25, -0.2) is 0 Å². The molecule has 0 aliphatic heterocycles. The Bertz CT molecular complexity index is 951. The zero-order valence-corrected chi connectivity index (χ0v) is 43.6. The summed E-state index contributed by atoms with van der Waals surface area (Å²) in [6.07, 6.45) is 59.9. The van der Waals surface area contributed by atoms with Crippen molar-refractivity contribution in [2.24, 2.45) is 0 Å². The lowest BCUT2D eigenvalue weighted by Crippen LogP contribution is -2.30. The summed E-state index contributed by atoms with van der Waals surface area (Å²) in [5.41, 5.74) is 0. The van der Waals surface area contributed by atoms with Crippen molar-refractivity contribution in [1.82, 2.24) is 0 Å². The average molecular weight is 906 g/mol. The molecule has 0 saturated carbocycles. The lowest BCUT2D eigenvalue weighted by Gasteiger charge is -2.18. The van der Waals surface area contributed by atoms with Crippen molar-refractivity contribution in [2.45, 2.75) is 341 Å². The van der Waals surface area contributed by atoms with E-state index in [9.17, 15) is 14.4 Å². The lowest BCUT2D eigenvalue weighted by molar-refractivity contribution is -0.167. The van der Waals surface area contributed by atoms with Crippen LogP contribution in [-0.4, -0.2) is 37.2 Å². The monoisotopic (exact) mass is 905 g/mol. The van der Waals surface area contributed by atoms with Crippen LogP contribution in [0.25, 0.3) is 0 Å². The Morgan fingerprint density at radius 2 is 0.422 bits per heavy atom. The van der Waals surface area contributed by atoms with Crippen LogP contribution < -0.4 is 0 Å². The summed E-state index contributed by atoms with van der Waals surface area (Å²) in [6.45, 7) is 6.65. The van der Waals surface area contributed by atoms with Gasteiger partial charge in [-0.05, 0) is 19.3 Å². The Kier molecular flexibility index (Phi) is 52.7. The van der Waals surface area contributed by atoms with Gasteiger partial charge in [-0.3, -0.25) is 14.4 Å². The first-order valence-electron chi connectivity index (χ1n) is 29.0. The van der Waals surface area contributed by atoms with Crippen molar-refractivity contribution < 1.29 is 28.6 Å². The Labute approximate surface area is 399 Å². The Hall–Kier alpha value is -1.59. The van der Waals surface area contributed by atoms with Gasteiger partial charge in [0, 0.05) is 19.3 Å². The summed E-state index contributed by atoms with van der Waals surface area (Å²) in [5, 5.41) is 0. The molecular weight excluding hydrogens is 793 g/mol. The highest BCUT2D eigenvalue weighted by molar-refractivity contribution is 5.71. The normalized spacial score (nSPS) is 11.9. The zero-order valence-electron chi connectivity index (χ0n) is 43.6. The summed E-state index contributed by atoms with van der Waals surface area (Å²) in [5.74, 6) is -0.846. The molecule has 6 heteroatoms. The van der Waals surface area contributed by atoms with Crippen LogP contribution in [0.3, 0.4) is 0 Å². The fourth-order valence-corrected chi connectivity index (χ4v) is 8.98. The van der Waals surface area contributed by atoms with Crippen LogP contribution in [0, 0.1) is 0 Å². The molecule has 0 amide bonds. The predicted molar refractivity (Wildman–Crippen MR) is 275 cm³/mol. The molecule has 0 aliphatic rings. The minimum atomic E-state index is -0.759. The number of carbonyl (C=O) groups is 3. The maximum atomic E-state index is 12.8. The first-order chi connectivity index (χ1) is 31.5. The number of ether oxygens (including phenoxy) is 3. The van der Waals surface area contributed by atoms with Gasteiger partial charge in [0.05, 0.1) is 0 Å². The van der Waals surface area contributed by atoms with Crippen molar-refractivity contribution in [3.8, 4) is 0 Å². The van der Waals surface area contributed by atoms with Crippen molar-refractivity contribution in [3.05, 3.63) is 0 Å². The molecule has 0 saturated heterocycles. The van der Waals surface area contributed by atoms with Crippen LogP contribution in [0.5, 0.6) is 0 Å². The molecule has 6 nitrogen and oxygen atoms in total. The average Bonchev–Trinajstić information content (AvgIpc) is 3.29. The minimum absolute atomic E-state index is 0.0622.